The van der Waals surface area contributed by atoms with Crippen LogP contribution in [-0.4, -0.2) is 21.4 Å². The smallest absolute Gasteiger partial charge is 0.214 e. The minimum atomic E-state index is 0.919. The lowest BCUT2D eigenvalue weighted by molar-refractivity contribution is -0.436. The van der Waals surface area contributed by atoms with Crippen molar-refractivity contribution < 1.29 is 4.58 Å². The van der Waals surface area contributed by atoms with Gasteiger partial charge in [0.05, 0.1) is 10.9 Å². The molecule has 1 aromatic heterocycles. The van der Waals surface area contributed by atoms with Crippen LogP contribution in [0.2, 0.25) is 0 Å². The molecule has 0 amide bonds. The number of aromatic nitrogens is 1. The predicted octanol–water partition coefficient (Wildman–Crippen LogP) is 10.4. The fraction of sp³-hybridized carbons (Fsp3) is 0.275. The normalized spacial score (nSPS) is 16.9. The van der Waals surface area contributed by atoms with E-state index >= 15 is 0 Å². The summed E-state index contributed by atoms with van der Waals surface area (Å²) in [6.07, 6.45) is 17.1. The molecule has 0 N–H and O–H groups in total. The van der Waals surface area contributed by atoms with Gasteiger partial charge < -0.3 is 4.57 Å². The van der Waals surface area contributed by atoms with Crippen LogP contribution in [-0.2, 0) is 6.54 Å². The molecule has 2 heterocycles. The molecule has 5 aromatic rings. The van der Waals surface area contributed by atoms with Crippen molar-refractivity contribution in [1.82, 2.24) is 4.57 Å². The van der Waals surface area contributed by atoms with Crippen LogP contribution < -0.4 is 5.35 Å². The van der Waals surface area contributed by atoms with Crippen molar-refractivity contribution in [3.63, 3.8) is 0 Å². The number of nitrogens with zero attached hydrogens (tertiary/aromatic N) is 2. The summed E-state index contributed by atoms with van der Waals surface area (Å²) in [6, 6.07) is 26.8. The van der Waals surface area contributed by atoms with Crippen LogP contribution in [0.15, 0.2) is 107 Å². The molecule has 0 saturated heterocycles. The Kier molecular flexibility index (Phi) is 7.80. The Hall–Kier alpha value is -3.88. The second-order valence-electron chi connectivity index (χ2n) is 12.0. The summed E-state index contributed by atoms with van der Waals surface area (Å²) < 4.78 is 5.03. The molecule has 7 rings (SSSR count). The highest BCUT2D eigenvalue weighted by atomic mass is 35.5. The number of rotatable bonds is 9. The lowest BCUT2D eigenvalue weighted by atomic mass is 9.93. The number of unbranched alkanes of at least 4 members (excludes halogenated alkanes) is 2. The molecular formula is C40H40ClN2+. The molecule has 1 aliphatic carbocycles. The van der Waals surface area contributed by atoms with E-state index in [0.717, 1.165) is 37.4 Å². The molecule has 43 heavy (non-hydrogen) atoms. The lowest BCUT2D eigenvalue weighted by Crippen LogP contribution is -2.16. The fourth-order valence-corrected chi connectivity index (χ4v) is 7.43. The number of benzene rings is 4. The summed E-state index contributed by atoms with van der Waals surface area (Å²) in [5, 5.41) is 8.91. The standard InChI is InChI=1S/C40H40ClN2/c1-3-5-26-42-34(32-18-8-12-28-14-10-20-36(42)38(28)32)24-22-30-16-7-17-31(40(30)41)23-25-35-33-19-9-13-29-15-11-21-37(39(29)33)43(35)27-6-4-2/h8-15,18-25H,3-7,16-17,26-27H2,1-2H3/q+1. The molecule has 0 spiro atoms. The van der Waals surface area contributed by atoms with Gasteiger partial charge in [0.1, 0.15) is 6.54 Å². The molecule has 0 fully saturated rings. The number of hydrogen-bond donors (Lipinski definition) is 0. The van der Waals surface area contributed by atoms with Gasteiger partial charge in [-0.25, -0.2) is 0 Å². The van der Waals surface area contributed by atoms with E-state index in [2.05, 4.69) is 120 Å². The van der Waals surface area contributed by atoms with E-state index in [1.807, 2.05) is 0 Å². The highest BCUT2D eigenvalue weighted by Gasteiger charge is 2.30. The molecule has 2 nitrogen and oxygen atoms in total. The quantitative estimate of drug-likeness (QED) is 0.152. The van der Waals surface area contributed by atoms with E-state index < -0.39 is 0 Å². The zero-order valence-electron chi connectivity index (χ0n) is 25.4. The third-order valence-corrected chi connectivity index (χ3v) is 9.78. The molecule has 216 valence electrons. The van der Waals surface area contributed by atoms with E-state index in [-0.39, 0.29) is 0 Å². The molecule has 0 radical (unpaired) electrons. The average molecular weight is 584 g/mol. The molecule has 0 bridgehead atoms. The number of allylic oxidation sites excluding steroid dienone is 6. The van der Waals surface area contributed by atoms with Gasteiger partial charge in [-0.1, -0.05) is 105 Å². The van der Waals surface area contributed by atoms with E-state index in [9.17, 15) is 0 Å². The van der Waals surface area contributed by atoms with Crippen molar-refractivity contribution in [1.29, 1.82) is 0 Å². The second-order valence-corrected chi connectivity index (χ2v) is 12.4. The van der Waals surface area contributed by atoms with Gasteiger partial charge in [0.2, 0.25) is 11.4 Å². The van der Waals surface area contributed by atoms with E-state index in [4.69, 9.17) is 11.6 Å². The van der Waals surface area contributed by atoms with Crippen molar-refractivity contribution >= 4 is 61.5 Å². The second kappa shape index (κ2) is 12.0. The first kappa shape index (κ1) is 27.9. The summed E-state index contributed by atoms with van der Waals surface area (Å²) in [7, 11) is 0. The molecule has 0 saturated carbocycles. The van der Waals surface area contributed by atoms with Crippen molar-refractivity contribution in [3.8, 4) is 0 Å². The van der Waals surface area contributed by atoms with E-state index in [0.29, 0.717) is 0 Å². The first-order valence-electron chi connectivity index (χ1n) is 16.1. The highest BCUT2D eigenvalue weighted by molar-refractivity contribution is 6.32. The molecule has 0 unspecified atom stereocenters. The summed E-state index contributed by atoms with van der Waals surface area (Å²) in [5.74, 6) is 0. The van der Waals surface area contributed by atoms with Gasteiger partial charge in [0, 0.05) is 51.8 Å². The van der Waals surface area contributed by atoms with Crippen LogP contribution >= 0.6 is 11.6 Å². The number of hydrogen-bond acceptors (Lipinski definition) is 0. The Balaban J connectivity index is 1.29. The Morgan fingerprint density at radius 3 is 2.35 bits per heavy atom. The highest BCUT2D eigenvalue weighted by Crippen LogP contribution is 2.37. The van der Waals surface area contributed by atoms with Crippen LogP contribution in [0.1, 0.15) is 64.4 Å². The van der Waals surface area contributed by atoms with Gasteiger partial charge in [-0.15, -0.1) is 0 Å². The van der Waals surface area contributed by atoms with Gasteiger partial charge >= 0.3 is 0 Å². The minimum Gasteiger partial charge on any atom is -0.340 e. The van der Waals surface area contributed by atoms with Crippen LogP contribution in [0, 0.1) is 0 Å². The first-order valence-corrected chi connectivity index (χ1v) is 16.5. The van der Waals surface area contributed by atoms with Gasteiger partial charge in [0.15, 0.2) is 0 Å². The molecule has 1 aliphatic heterocycles. The summed E-state index contributed by atoms with van der Waals surface area (Å²) >= 11 is 7.19. The van der Waals surface area contributed by atoms with Crippen LogP contribution in [0.4, 0.5) is 5.69 Å². The topological polar surface area (TPSA) is 7.94 Å². The van der Waals surface area contributed by atoms with E-state index in [1.165, 1.54) is 91.6 Å². The maximum absolute atomic E-state index is 7.19. The summed E-state index contributed by atoms with van der Waals surface area (Å²) in [6.45, 7) is 6.59. The lowest BCUT2D eigenvalue weighted by Gasteiger charge is -2.16. The SMILES string of the molecule is CCCCn1c(=CC=C2CCCC(C=CC3=[N+](CCCC)c4cccc5cccc3c45)=C2Cl)c2cccc3cccc1c32. The monoisotopic (exact) mass is 583 g/mol. The summed E-state index contributed by atoms with van der Waals surface area (Å²) in [4.78, 5) is 0. The number of halogens is 1. The Morgan fingerprint density at radius 2 is 1.53 bits per heavy atom. The maximum Gasteiger partial charge on any atom is 0.214 e. The van der Waals surface area contributed by atoms with Crippen molar-refractivity contribution in [3.05, 3.63) is 118 Å². The maximum atomic E-state index is 7.19. The number of aryl methyl sites for hydroxylation is 1. The van der Waals surface area contributed by atoms with Crippen molar-refractivity contribution in [2.24, 2.45) is 0 Å². The fourth-order valence-electron chi connectivity index (χ4n) is 7.11. The zero-order chi connectivity index (χ0) is 29.3. The Morgan fingerprint density at radius 1 is 0.791 bits per heavy atom. The Bertz CT molecular complexity index is 2020. The van der Waals surface area contributed by atoms with Gasteiger partial charge in [-0.05, 0) is 65.8 Å². The summed E-state index contributed by atoms with van der Waals surface area (Å²) in [5.41, 5.74) is 7.76. The largest absolute Gasteiger partial charge is 0.340 e. The molecule has 2 aliphatic rings. The Labute approximate surface area is 260 Å². The van der Waals surface area contributed by atoms with Gasteiger partial charge in [-0.2, -0.15) is 4.58 Å². The average Bonchev–Trinajstić information content (AvgIpc) is 3.51. The van der Waals surface area contributed by atoms with Crippen molar-refractivity contribution in [2.75, 3.05) is 6.54 Å². The van der Waals surface area contributed by atoms with Gasteiger partial charge in [0.25, 0.3) is 0 Å². The first-order chi connectivity index (χ1) is 21.2. The molecule has 0 atom stereocenters. The van der Waals surface area contributed by atoms with Gasteiger partial charge in [-0.3, -0.25) is 0 Å². The predicted molar refractivity (Wildman–Crippen MR) is 186 cm³/mol. The van der Waals surface area contributed by atoms with E-state index in [1.54, 1.807) is 0 Å². The minimum absolute atomic E-state index is 0.919. The van der Waals surface area contributed by atoms with Crippen LogP contribution in [0.5, 0.6) is 0 Å². The van der Waals surface area contributed by atoms with Crippen LogP contribution in [0.25, 0.3) is 38.5 Å². The molecule has 4 aromatic carbocycles. The third kappa shape index (κ3) is 4.96. The molecular weight excluding hydrogens is 544 g/mol. The molecule has 3 heteroatoms. The zero-order valence-corrected chi connectivity index (χ0v) is 26.1. The van der Waals surface area contributed by atoms with Crippen LogP contribution in [0.3, 0.4) is 0 Å². The van der Waals surface area contributed by atoms with Crippen molar-refractivity contribution in [2.45, 2.75) is 65.3 Å². The third-order valence-electron chi connectivity index (χ3n) is 9.29.